The molecule has 1 aliphatic rings. The standard InChI is InChI=1S/C16H25FN4O2S/c1-3-18-16(19-7-9-21-8-4-10-24(21,22)23)20-12-14-5-6-15(17)13(2)11-14/h5-6,11H,3-4,7-10,12H2,1-2H3,(H2,18,19,20). The Labute approximate surface area is 143 Å². The van der Waals surface area contributed by atoms with E-state index < -0.39 is 10.0 Å². The third kappa shape index (κ3) is 5.17. The largest absolute Gasteiger partial charge is 0.357 e. The molecule has 0 bridgehead atoms. The first-order valence-electron chi connectivity index (χ1n) is 8.17. The van der Waals surface area contributed by atoms with Gasteiger partial charge in [0.15, 0.2) is 5.96 Å². The second-order valence-electron chi connectivity index (χ2n) is 5.77. The van der Waals surface area contributed by atoms with Crippen LogP contribution in [0.1, 0.15) is 24.5 Å². The lowest BCUT2D eigenvalue weighted by atomic mass is 10.1. The maximum atomic E-state index is 13.3. The van der Waals surface area contributed by atoms with Crippen molar-refractivity contribution in [2.24, 2.45) is 4.99 Å². The third-order valence-electron chi connectivity index (χ3n) is 3.84. The highest BCUT2D eigenvalue weighted by molar-refractivity contribution is 7.89. The molecule has 24 heavy (non-hydrogen) atoms. The predicted octanol–water partition coefficient (Wildman–Crippen LogP) is 1.22. The number of benzene rings is 1. The lowest BCUT2D eigenvalue weighted by Gasteiger charge is -2.16. The Kier molecular flexibility index (Phi) is 6.56. The molecular formula is C16H25FN4O2S. The Balaban J connectivity index is 1.89. The highest BCUT2D eigenvalue weighted by Crippen LogP contribution is 2.12. The Morgan fingerprint density at radius 2 is 2.17 bits per heavy atom. The summed E-state index contributed by atoms with van der Waals surface area (Å²) in [5, 5.41) is 6.26. The van der Waals surface area contributed by atoms with E-state index in [-0.39, 0.29) is 11.6 Å². The fraction of sp³-hybridized carbons (Fsp3) is 0.562. The van der Waals surface area contributed by atoms with Crippen LogP contribution in [-0.2, 0) is 16.6 Å². The van der Waals surface area contributed by atoms with Gasteiger partial charge >= 0.3 is 0 Å². The lowest BCUT2D eigenvalue weighted by Crippen LogP contribution is -2.42. The zero-order chi connectivity index (χ0) is 17.6. The molecule has 134 valence electrons. The zero-order valence-corrected chi connectivity index (χ0v) is 15.0. The molecule has 1 aliphatic heterocycles. The molecule has 2 N–H and O–H groups in total. The smallest absolute Gasteiger partial charge is 0.214 e. The van der Waals surface area contributed by atoms with Crippen molar-refractivity contribution >= 4 is 16.0 Å². The van der Waals surface area contributed by atoms with Crippen molar-refractivity contribution in [1.29, 1.82) is 0 Å². The van der Waals surface area contributed by atoms with Crippen molar-refractivity contribution in [2.45, 2.75) is 26.8 Å². The first-order chi connectivity index (χ1) is 11.4. The summed E-state index contributed by atoms with van der Waals surface area (Å²) in [6, 6.07) is 4.93. The van der Waals surface area contributed by atoms with E-state index in [1.165, 1.54) is 10.4 Å². The molecule has 1 fully saturated rings. The van der Waals surface area contributed by atoms with E-state index in [1.807, 2.05) is 6.92 Å². The van der Waals surface area contributed by atoms with Crippen LogP contribution in [0.4, 0.5) is 4.39 Å². The minimum absolute atomic E-state index is 0.223. The summed E-state index contributed by atoms with van der Waals surface area (Å²) in [6.45, 7) is 6.34. The molecule has 0 aliphatic carbocycles. The average Bonchev–Trinajstić information content (AvgIpc) is 2.87. The molecule has 0 unspecified atom stereocenters. The Bertz CT molecular complexity index is 691. The number of nitrogens with one attached hydrogen (secondary N) is 2. The molecule has 6 nitrogen and oxygen atoms in total. The van der Waals surface area contributed by atoms with Crippen LogP contribution in [0.15, 0.2) is 23.2 Å². The number of nitrogens with zero attached hydrogens (tertiary/aromatic N) is 2. The quantitative estimate of drug-likeness (QED) is 0.594. The van der Waals surface area contributed by atoms with Crippen LogP contribution in [0.25, 0.3) is 0 Å². The maximum Gasteiger partial charge on any atom is 0.214 e. The summed E-state index contributed by atoms with van der Waals surface area (Å²) in [5.74, 6) is 0.640. The first-order valence-corrected chi connectivity index (χ1v) is 9.78. The normalized spacial score (nSPS) is 17.9. The fourth-order valence-electron chi connectivity index (χ4n) is 2.56. The van der Waals surface area contributed by atoms with Gasteiger partial charge in [0, 0.05) is 26.2 Å². The van der Waals surface area contributed by atoms with Crippen molar-refractivity contribution in [1.82, 2.24) is 14.9 Å². The van der Waals surface area contributed by atoms with Crippen LogP contribution >= 0.6 is 0 Å². The van der Waals surface area contributed by atoms with Gasteiger partial charge in [-0.2, -0.15) is 0 Å². The molecule has 1 heterocycles. The van der Waals surface area contributed by atoms with E-state index in [2.05, 4.69) is 15.6 Å². The second-order valence-corrected chi connectivity index (χ2v) is 7.86. The Hall–Kier alpha value is -1.67. The van der Waals surface area contributed by atoms with E-state index in [4.69, 9.17) is 0 Å². The van der Waals surface area contributed by atoms with Crippen molar-refractivity contribution in [3.05, 3.63) is 35.1 Å². The summed E-state index contributed by atoms with van der Waals surface area (Å²) in [6.07, 6.45) is 0.695. The number of aliphatic imine (C=N–C) groups is 1. The van der Waals surface area contributed by atoms with Gasteiger partial charge in [0.2, 0.25) is 10.0 Å². The van der Waals surface area contributed by atoms with Crippen molar-refractivity contribution < 1.29 is 12.8 Å². The number of rotatable bonds is 6. The highest BCUT2D eigenvalue weighted by atomic mass is 32.2. The van der Waals surface area contributed by atoms with E-state index in [0.29, 0.717) is 50.7 Å². The average molecular weight is 356 g/mol. The second kappa shape index (κ2) is 8.43. The van der Waals surface area contributed by atoms with Gasteiger partial charge in [-0.15, -0.1) is 0 Å². The minimum Gasteiger partial charge on any atom is -0.357 e. The van der Waals surface area contributed by atoms with Gasteiger partial charge in [0.25, 0.3) is 0 Å². The summed E-state index contributed by atoms with van der Waals surface area (Å²) in [4.78, 5) is 4.46. The molecule has 0 atom stereocenters. The van der Waals surface area contributed by atoms with Crippen LogP contribution in [0.2, 0.25) is 0 Å². The van der Waals surface area contributed by atoms with Gasteiger partial charge in [-0.1, -0.05) is 12.1 Å². The monoisotopic (exact) mass is 356 g/mol. The van der Waals surface area contributed by atoms with E-state index in [1.54, 1.807) is 19.1 Å². The highest BCUT2D eigenvalue weighted by Gasteiger charge is 2.27. The van der Waals surface area contributed by atoms with Gasteiger partial charge in [-0.3, -0.25) is 0 Å². The van der Waals surface area contributed by atoms with E-state index >= 15 is 0 Å². The van der Waals surface area contributed by atoms with Crippen molar-refractivity contribution in [3.63, 3.8) is 0 Å². The topological polar surface area (TPSA) is 73.8 Å². The molecule has 0 aromatic heterocycles. The number of halogens is 1. The number of aryl methyl sites for hydroxylation is 1. The Morgan fingerprint density at radius 1 is 1.38 bits per heavy atom. The van der Waals surface area contributed by atoms with Gasteiger partial charge in [0.1, 0.15) is 5.82 Å². The van der Waals surface area contributed by atoms with Gasteiger partial charge in [0.05, 0.1) is 12.3 Å². The summed E-state index contributed by atoms with van der Waals surface area (Å²) >= 11 is 0. The van der Waals surface area contributed by atoms with Crippen LogP contribution in [0.5, 0.6) is 0 Å². The molecule has 2 rings (SSSR count). The fourth-order valence-corrected chi connectivity index (χ4v) is 4.09. The Morgan fingerprint density at radius 3 is 2.79 bits per heavy atom. The van der Waals surface area contributed by atoms with Gasteiger partial charge < -0.3 is 10.6 Å². The molecule has 0 amide bonds. The number of hydrogen-bond donors (Lipinski definition) is 2. The summed E-state index contributed by atoms with van der Waals surface area (Å²) < 4.78 is 38.3. The maximum absolute atomic E-state index is 13.3. The van der Waals surface area contributed by atoms with Gasteiger partial charge in [-0.05, 0) is 37.5 Å². The van der Waals surface area contributed by atoms with E-state index in [9.17, 15) is 12.8 Å². The van der Waals surface area contributed by atoms with E-state index in [0.717, 1.165) is 5.56 Å². The zero-order valence-electron chi connectivity index (χ0n) is 14.2. The van der Waals surface area contributed by atoms with Gasteiger partial charge in [-0.25, -0.2) is 22.1 Å². The number of sulfonamides is 1. The minimum atomic E-state index is -3.06. The van der Waals surface area contributed by atoms with Crippen LogP contribution < -0.4 is 10.6 Å². The molecule has 0 spiro atoms. The van der Waals surface area contributed by atoms with Crippen LogP contribution in [0.3, 0.4) is 0 Å². The van der Waals surface area contributed by atoms with Crippen LogP contribution in [-0.4, -0.2) is 50.6 Å². The van der Waals surface area contributed by atoms with Crippen molar-refractivity contribution in [2.75, 3.05) is 31.9 Å². The third-order valence-corrected chi connectivity index (χ3v) is 5.80. The van der Waals surface area contributed by atoms with Crippen molar-refractivity contribution in [3.8, 4) is 0 Å². The molecule has 8 heteroatoms. The number of guanidine groups is 1. The van der Waals surface area contributed by atoms with Crippen LogP contribution in [0, 0.1) is 12.7 Å². The molecule has 0 radical (unpaired) electrons. The summed E-state index contributed by atoms with van der Waals surface area (Å²) in [7, 11) is -3.06. The predicted molar refractivity (Wildman–Crippen MR) is 93.9 cm³/mol. The lowest BCUT2D eigenvalue weighted by molar-refractivity contribution is 0.445. The molecule has 1 aromatic carbocycles. The number of hydrogen-bond acceptors (Lipinski definition) is 3. The molecule has 1 saturated heterocycles. The summed E-state index contributed by atoms with van der Waals surface area (Å²) in [5.41, 5.74) is 1.52. The molecular weight excluding hydrogens is 331 g/mol. The molecule has 1 aromatic rings. The molecule has 0 saturated carbocycles. The first kappa shape index (κ1) is 18.7. The SMILES string of the molecule is CCNC(=NCc1ccc(F)c(C)c1)NCCN1CCCS1(=O)=O.